The fourth-order valence-electron chi connectivity index (χ4n) is 3.37. The number of ether oxygens (including phenoxy) is 1. The van der Waals surface area contributed by atoms with Gasteiger partial charge in [-0.15, -0.1) is 0 Å². The van der Waals surface area contributed by atoms with E-state index in [9.17, 15) is 22.4 Å². The fraction of sp³-hybridized carbons (Fsp3) is 0.261. The molecule has 0 aliphatic carbocycles. The normalized spacial score (nSPS) is 11.5. The minimum Gasteiger partial charge on any atom is -0.452 e. The maximum atomic E-state index is 14.4. The van der Waals surface area contributed by atoms with Crippen LogP contribution in [0.2, 0.25) is 10.0 Å². The Morgan fingerprint density at radius 3 is 2.47 bits per heavy atom. The Hall–Kier alpha value is -2.99. The van der Waals surface area contributed by atoms with Crippen LogP contribution in [-0.4, -0.2) is 49.5 Å². The molecule has 0 aliphatic heterocycles. The van der Waals surface area contributed by atoms with E-state index in [1.165, 1.54) is 41.6 Å². The summed E-state index contributed by atoms with van der Waals surface area (Å²) in [6.45, 7) is 4.61. The molecule has 0 aliphatic rings. The Kier molecular flexibility index (Phi) is 8.72. The summed E-state index contributed by atoms with van der Waals surface area (Å²) in [4.78, 5) is 25.1. The molecule has 0 unspecified atom stereocenters. The van der Waals surface area contributed by atoms with E-state index in [2.05, 4.69) is 10.5 Å². The average molecular weight is 558 g/mol. The van der Waals surface area contributed by atoms with Crippen LogP contribution in [0.1, 0.15) is 30.0 Å². The van der Waals surface area contributed by atoms with Crippen molar-refractivity contribution < 1.29 is 31.7 Å². The Labute approximate surface area is 217 Å². The lowest BCUT2D eigenvalue weighted by Gasteiger charge is -2.19. The van der Waals surface area contributed by atoms with E-state index in [4.69, 9.17) is 32.5 Å². The van der Waals surface area contributed by atoms with E-state index >= 15 is 0 Å². The molecule has 36 heavy (non-hydrogen) atoms. The van der Waals surface area contributed by atoms with Crippen LogP contribution in [0.3, 0.4) is 0 Å². The van der Waals surface area contributed by atoms with Crippen molar-refractivity contribution in [1.82, 2.24) is 9.46 Å². The lowest BCUT2D eigenvalue weighted by Crippen LogP contribution is -2.30. The molecular formula is C23H22Cl2FN3O6S. The third-order valence-corrected chi connectivity index (χ3v) is 7.85. The standard InChI is InChI=1S/C23H22Cl2FN3O6S/c1-4-29(5-2)36(32,33)14-9-10-15(24)18(11-14)27-19(30)12-34-23(31)20-13(3)35-28-22(20)21-16(25)7-6-8-17(21)26/h6-11H,4-5,12H2,1-3H3,(H,27,30). The Balaban J connectivity index is 1.76. The molecule has 9 nitrogen and oxygen atoms in total. The van der Waals surface area contributed by atoms with Gasteiger partial charge in [0.1, 0.15) is 22.8 Å². The number of nitrogens with one attached hydrogen (secondary N) is 1. The van der Waals surface area contributed by atoms with Crippen LogP contribution < -0.4 is 5.32 Å². The summed E-state index contributed by atoms with van der Waals surface area (Å²) in [7, 11) is -3.80. The summed E-state index contributed by atoms with van der Waals surface area (Å²) in [5.74, 6) is -2.48. The molecule has 13 heteroatoms. The van der Waals surface area contributed by atoms with Gasteiger partial charge in [0.15, 0.2) is 6.61 Å². The van der Waals surface area contributed by atoms with Gasteiger partial charge in [-0.05, 0) is 37.3 Å². The van der Waals surface area contributed by atoms with Gasteiger partial charge >= 0.3 is 5.97 Å². The first-order chi connectivity index (χ1) is 17.0. The smallest absolute Gasteiger partial charge is 0.344 e. The fourth-order valence-corrected chi connectivity index (χ4v) is 5.27. The second-order valence-electron chi connectivity index (χ2n) is 7.41. The SMILES string of the molecule is CCN(CC)S(=O)(=O)c1ccc(Cl)c(NC(=O)COC(=O)c2c(-c3c(F)cccc3Cl)noc2C)c1. The van der Waals surface area contributed by atoms with Crippen molar-refractivity contribution >= 4 is 50.8 Å². The summed E-state index contributed by atoms with van der Waals surface area (Å²) >= 11 is 12.2. The van der Waals surface area contributed by atoms with Crippen LogP contribution in [0.25, 0.3) is 11.3 Å². The maximum absolute atomic E-state index is 14.4. The van der Waals surface area contributed by atoms with Crippen LogP contribution in [-0.2, 0) is 19.6 Å². The highest BCUT2D eigenvalue weighted by molar-refractivity contribution is 7.89. The molecule has 0 radical (unpaired) electrons. The second kappa shape index (κ2) is 11.4. The molecular weight excluding hydrogens is 536 g/mol. The van der Waals surface area contributed by atoms with Crippen molar-refractivity contribution in [3.05, 3.63) is 63.6 Å². The van der Waals surface area contributed by atoms with Crippen molar-refractivity contribution in [2.45, 2.75) is 25.7 Å². The van der Waals surface area contributed by atoms with Crippen LogP contribution in [0.4, 0.5) is 10.1 Å². The van der Waals surface area contributed by atoms with Gasteiger partial charge in [0.2, 0.25) is 10.0 Å². The quantitative estimate of drug-likeness (QED) is 0.370. The molecule has 1 aromatic heterocycles. The maximum Gasteiger partial charge on any atom is 0.344 e. The van der Waals surface area contributed by atoms with Gasteiger partial charge in [0.25, 0.3) is 5.91 Å². The van der Waals surface area contributed by atoms with Gasteiger partial charge in [-0.2, -0.15) is 4.31 Å². The van der Waals surface area contributed by atoms with E-state index in [0.29, 0.717) is 0 Å². The molecule has 1 N–H and O–H groups in total. The van der Waals surface area contributed by atoms with Crippen molar-refractivity contribution in [2.24, 2.45) is 0 Å². The number of nitrogens with zero attached hydrogens (tertiary/aromatic N) is 2. The van der Waals surface area contributed by atoms with Crippen molar-refractivity contribution in [3.63, 3.8) is 0 Å². The van der Waals surface area contributed by atoms with Gasteiger partial charge in [-0.3, -0.25) is 4.79 Å². The minimum atomic E-state index is -3.80. The number of anilines is 1. The molecule has 3 aromatic rings. The van der Waals surface area contributed by atoms with E-state index in [0.717, 1.165) is 6.07 Å². The molecule has 0 bridgehead atoms. The zero-order valence-corrected chi connectivity index (χ0v) is 21.8. The highest BCUT2D eigenvalue weighted by atomic mass is 35.5. The lowest BCUT2D eigenvalue weighted by molar-refractivity contribution is -0.119. The first kappa shape index (κ1) is 27.6. The van der Waals surface area contributed by atoms with Gasteiger partial charge < -0.3 is 14.6 Å². The van der Waals surface area contributed by atoms with E-state index < -0.39 is 34.3 Å². The van der Waals surface area contributed by atoms with E-state index in [1.54, 1.807) is 13.8 Å². The van der Waals surface area contributed by atoms with Crippen LogP contribution in [0, 0.1) is 12.7 Å². The predicted molar refractivity (Wildman–Crippen MR) is 132 cm³/mol. The summed E-state index contributed by atoms with van der Waals surface area (Å²) in [5.41, 5.74) is -0.491. The number of hydrogen-bond acceptors (Lipinski definition) is 7. The number of aromatic nitrogens is 1. The third-order valence-electron chi connectivity index (χ3n) is 5.16. The second-order valence-corrected chi connectivity index (χ2v) is 10.2. The molecule has 192 valence electrons. The first-order valence-electron chi connectivity index (χ1n) is 10.7. The van der Waals surface area contributed by atoms with Gasteiger partial charge in [0.05, 0.1) is 26.2 Å². The first-order valence-corrected chi connectivity index (χ1v) is 12.9. The highest BCUT2D eigenvalue weighted by Crippen LogP contribution is 2.34. The number of benzene rings is 2. The number of esters is 1. The van der Waals surface area contributed by atoms with Gasteiger partial charge in [-0.1, -0.05) is 48.3 Å². The molecule has 0 saturated carbocycles. The number of carbonyl (C=O) groups is 2. The summed E-state index contributed by atoms with van der Waals surface area (Å²) in [6, 6.07) is 7.85. The van der Waals surface area contributed by atoms with Gasteiger partial charge in [0, 0.05) is 13.1 Å². The topological polar surface area (TPSA) is 119 Å². The van der Waals surface area contributed by atoms with Crippen molar-refractivity contribution in [3.8, 4) is 11.3 Å². The number of amides is 1. The molecule has 1 heterocycles. The number of rotatable bonds is 9. The average Bonchev–Trinajstić information content (AvgIpc) is 3.20. The summed E-state index contributed by atoms with van der Waals surface area (Å²) in [5, 5.41) is 6.23. The lowest BCUT2D eigenvalue weighted by atomic mass is 10.1. The number of aryl methyl sites for hydroxylation is 1. The summed E-state index contributed by atoms with van der Waals surface area (Å²) in [6.07, 6.45) is 0. The van der Waals surface area contributed by atoms with Crippen LogP contribution in [0.15, 0.2) is 45.8 Å². The summed E-state index contributed by atoms with van der Waals surface area (Å²) < 4.78 is 51.2. The van der Waals surface area contributed by atoms with Crippen LogP contribution in [0.5, 0.6) is 0 Å². The molecule has 0 atom stereocenters. The molecule has 0 spiro atoms. The molecule has 1 amide bonds. The molecule has 0 saturated heterocycles. The van der Waals surface area contributed by atoms with Crippen molar-refractivity contribution in [1.29, 1.82) is 0 Å². The van der Waals surface area contributed by atoms with E-state index in [1.807, 2.05) is 0 Å². The zero-order valence-electron chi connectivity index (χ0n) is 19.5. The number of hydrogen-bond donors (Lipinski definition) is 1. The highest BCUT2D eigenvalue weighted by Gasteiger charge is 2.27. The largest absolute Gasteiger partial charge is 0.452 e. The Morgan fingerprint density at radius 1 is 1.14 bits per heavy atom. The Morgan fingerprint density at radius 2 is 1.83 bits per heavy atom. The Bertz CT molecular complexity index is 1390. The molecule has 3 rings (SSSR count). The number of sulfonamides is 1. The van der Waals surface area contributed by atoms with Crippen LogP contribution >= 0.6 is 23.2 Å². The van der Waals surface area contributed by atoms with Crippen molar-refractivity contribution in [2.75, 3.05) is 25.0 Å². The minimum absolute atomic E-state index is 0.00396. The van der Waals surface area contributed by atoms with Gasteiger partial charge in [-0.25, -0.2) is 17.6 Å². The predicted octanol–water partition coefficient (Wildman–Crippen LogP) is 4.92. The number of carbonyl (C=O) groups excluding carboxylic acids is 2. The third kappa shape index (κ3) is 5.70. The molecule has 2 aromatic carbocycles. The number of halogens is 3. The van der Waals surface area contributed by atoms with E-state index in [-0.39, 0.29) is 56.3 Å². The molecule has 0 fully saturated rings. The zero-order chi connectivity index (χ0) is 26.6. The monoisotopic (exact) mass is 557 g/mol.